The van der Waals surface area contributed by atoms with Crippen molar-refractivity contribution < 1.29 is 4.42 Å². The highest BCUT2D eigenvalue weighted by atomic mass is 16.3. The largest absolute Gasteiger partial charge is 0.464 e. The molecule has 0 fully saturated rings. The van der Waals surface area contributed by atoms with E-state index in [2.05, 4.69) is 56.3 Å². The van der Waals surface area contributed by atoms with Gasteiger partial charge < -0.3 is 4.42 Å². The topological polar surface area (TPSA) is 13.1 Å². The lowest BCUT2D eigenvalue weighted by Crippen LogP contribution is -2.13. The SMILES string of the molecule is Cc1cc(-c2ccco2)c2c3c(ccc2c1)C1=C(CC3)C(C)CC=C1. The van der Waals surface area contributed by atoms with Gasteiger partial charge in [0, 0.05) is 5.56 Å². The fourth-order valence-electron chi connectivity index (χ4n) is 4.64. The average molecular weight is 326 g/mol. The summed E-state index contributed by atoms with van der Waals surface area (Å²) in [4.78, 5) is 0. The van der Waals surface area contributed by atoms with Gasteiger partial charge in [-0.1, -0.05) is 42.8 Å². The van der Waals surface area contributed by atoms with Crippen LogP contribution in [0.3, 0.4) is 0 Å². The van der Waals surface area contributed by atoms with Crippen molar-refractivity contribution >= 4 is 16.3 Å². The Balaban J connectivity index is 1.84. The van der Waals surface area contributed by atoms with Crippen molar-refractivity contribution in [3.05, 3.63) is 77.1 Å². The molecule has 0 radical (unpaired) electrons. The molecule has 2 aliphatic carbocycles. The van der Waals surface area contributed by atoms with Crippen LogP contribution in [-0.2, 0) is 6.42 Å². The van der Waals surface area contributed by atoms with Crippen LogP contribution in [0.15, 0.2) is 64.8 Å². The van der Waals surface area contributed by atoms with Gasteiger partial charge in [-0.05, 0) is 83.3 Å². The van der Waals surface area contributed by atoms with Gasteiger partial charge in [-0.15, -0.1) is 0 Å². The Morgan fingerprint density at radius 1 is 1.04 bits per heavy atom. The summed E-state index contributed by atoms with van der Waals surface area (Å²) in [7, 11) is 0. The number of rotatable bonds is 1. The predicted octanol–water partition coefficient (Wildman–Crippen LogP) is 6.70. The minimum atomic E-state index is 0.673. The quantitative estimate of drug-likeness (QED) is 0.484. The highest BCUT2D eigenvalue weighted by molar-refractivity contribution is 6.02. The van der Waals surface area contributed by atoms with Crippen molar-refractivity contribution in [1.82, 2.24) is 0 Å². The molecular weight excluding hydrogens is 304 g/mol. The van der Waals surface area contributed by atoms with E-state index in [1.54, 1.807) is 11.8 Å². The monoisotopic (exact) mass is 326 g/mol. The first-order valence-corrected chi connectivity index (χ1v) is 9.22. The number of hydrogen-bond acceptors (Lipinski definition) is 1. The number of allylic oxidation sites excluding steroid dienone is 4. The summed E-state index contributed by atoms with van der Waals surface area (Å²) in [6.07, 6.45) is 9.94. The zero-order valence-electron chi connectivity index (χ0n) is 14.8. The lowest BCUT2D eigenvalue weighted by Gasteiger charge is -2.29. The van der Waals surface area contributed by atoms with Crippen molar-refractivity contribution in [3.8, 4) is 11.3 Å². The van der Waals surface area contributed by atoms with Crippen LogP contribution in [0, 0.1) is 12.8 Å². The Hall–Kier alpha value is -2.54. The van der Waals surface area contributed by atoms with E-state index < -0.39 is 0 Å². The van der Waals surface area contributed by atoms with Gasteiger partial charge in [-0.25, -0.2) is 0 Å². The van der Waals surface area contributed by atoms with Gasteiger partial charge in [0.25, 0.3) is 0 Å². The standard InChI is InChI=1S/C24H22O/c1-15-13-17-8-9-20-19-6-3-5-16(2)18(19)10-11-21(20)24(17)22(14-15)23-7-4-12-25-23/h3-4,6-9,12-14,16H,5,10-11H2,1-2H3. The molecule has 2 aliphatic rings. The predicted molar refractivity (Wildman–Crippen MR) is 105 cm³/mol. The lowest BCUT2D eigenvalue weighted by molar-refractivity contribution is 0.583. The van der Waals surface area contributed by atoms with Gasteiger partial charge in [0.15, 0.2) is 0 Å². The van der Waals surface area contributed by atoms with Crippen molar-refractivity contribution in [3.63, 3.8) is 0 Å². The van der Waals surface area contributed by atoms with Gasteiger partial charge in [0.05, 0.1) is 6.26 Å². The third kappa shape index (κ3) is 2.22. The molecule has 0 spiro atoms. The van der Waals surface area contributed by atoms with Crippen molar-refractivity contribution in [2.45, 2.75) is 33.1 Å². The Bertz CT molecular complexity index is 1030. The first-order valence-electron chi connectivity index (χ1n) is 9.22. The van der Waals surface area contributed by atoms with Crippen LogP contribution in [0.2, 0.25) is 0 Å². The van der Waals surface area contributed by atoms with Crippen LogP contribution in [0.1, 0.15) is 36.5 Å². The molecule has 25 heavy (non-hydrogen) atoms. The molecule has 5 rings (SSSR count). The normalized spacial score (nSPS) is 19.2. The summed E-state index contributed by atoms with van der Waals surface area (Å²) in [5.74, 6) is 1.64. The molecule has 0 N–H and O–H groups in total. The molecule has 1 nitrogen and oxygen atoms in total. The fourth-order valence-corrected chi connectivity index (χ4v) is 4.64. The molecule has 1 atom stereocenters. The lowest BCUT2D eigenvalue weighted by atomic mass is 9.75. The molecular formula is C24H22O. The number of aryl methyl sites for hydroxylation is 2. The molecule has 1 heteroatoms. The third-order valence-corrected chi connectivity index (χ3v) is 5.81. The van der Waals surface area contributed by atoms with Gasteiger partial charge in [-0.2, -0.15) is 0 Å². The Morgan fingerprint density at radius 3 is 2.80 bits per heavy atom. The zero-order chi connectivity index (χ0) is 17.0. The van der Waals surface area contributed by atoms with Crippen molar-refractivity contribution in [1.29, 1.82) is 0 Å². The Morgan fingerprint density at radius 2 is 1.96 bits per heavy atom. The van der Waals surface area contributed by atoms with Crippen LogP contribution in [-0.4, -0.2) is 0 Å². The molecule has 0 bridgehead atoms. The maximum absolute atomic E-state index is 5.77. The first kappa shape index (κ1) is 14.8. The van der Waals surface area contributed by atoms with Crippen molar-refractivity contribution in [2.75, 3.05) is 0 Å². The second-order valence-electron chi connectivity index (χ2n) is 7.46. The molecule has 1 aromatic heterocycles. The number of fused-ring (bicyclic) bond motifs is 4. The maximum Gasteiger partial charge on any atom is 0.134 e. The maximum atomic E-state index is 5.77. The number of hydrogen-bond donors (Lipinski definition) is 0. The second kappa shape index (κ2) is 5.49. The smallest absolute Gasteiger partial charge is 0.134 e. The minimum Gasteiger partial charge on any atom is -0.464 e. The third-order valence-electron chi connectivity index (χ3n) is 5.81. The minimum absolute atomic E-state index is 0.673. The molecule has 0 aliphatic heterocycles. The zero-order valence-corrected chi connectivity index (χ0v) is 14.8. The molecule has 0 saturated carbocycles. The van der Waals surface area contributed by atoms with Crippen LogP contribution >= 0.6 is 0 Å². The van der Waals surface area contributed by atoms with E-state index in [-0.39, 0.29) is 0 Å². The summed E-state index contributed by atoms with van der Waals surface area (Å²) in [6.45, 7) is 4.53. The van der Waals surface area contributed by atoms with Gasteiger partial charge in [-0.3, -0.25) is 0 Å². The van der Waals surface area contributed by atoms with E-state index in [9.17, 15) is 0 Å². The molecule has 1 unspecified atom stereocenters. The Labute approximate surface area is 148 Å². The molecule has 1 heterocycles. The highest BCUT2D eigenvalue weighted by Gasteiger charge is 2.25. The number of benzene rings is 2. The molecule has 3 aromatic rings. The molecule has 124 valence electrons. The first-order chi connectivity index (χ1) is 12.2. The van der Waals surface area contributed by atoms with Gasteiger partial charge in [0.1, 0.15) is 5.76 Å². The van der Waals surface area contributed by atoms with Gasteiger partial charge >= 0.3 is 0 Å². The molecule has 0 saturated heterocycles. The van der Waals surface area contributed by atoms with Crippen LogP contribution in [0.4, 0.5) is 0 Å². The van der Waals surface area contributed by atoms with Crippen LogP contribution in [0.25, 0.3) is 27.7 Å². The van der Waals surface area contributed by atoms with Crippen LogP contribution < -0.4 is 0 Å². The van der Waals surface area contributed by atoms with E-state index >= 15 is 0 Å². The van der Waals surface area contributed by atoms with Crippen molar-refractivity contribution in [2.24, 2.45) is 5.92 Å². The second-order valence-corrected chi connectivity index (χ2v) is 7.46. The van der Waals surface area contributed by atoms with Crippen LogP contribution in [0.5, 0.6) is 0 Å². The van der Waals surface area contributed by atoms with E-state index in [1.807, 2.05) is 6.07 Å². The summed E-state index contributed by atoms with van der Waals surface area (Å²) in [5.41, 5.74) is 8.53. The van der Waals surface area contributed by atoms with E-state index in [4.69, 9.17) is 4.42 Å². The highest BCUT2D eigenvalue weighted by Crippen LogP contribution is 2.44. The van der Waals surface area contributed by atoms with E-state index in [1.165, 1.54) is 51.4 Å². The summed E-state index contributed by atoms with van der Waals surface area (Å²) >= 11 is 0. The molecule has 0 amide bonds. The number of furan rings is 1. The summed E-state index contributed by atoms with van der Waals surface area (Å²) in [5, 5.41) is 2.69. The average Bonchev–Trinajstić information content (AvgIpc) is 3.15. The fraction of sp³-hybridized carbons (Fsp3) is 0.250. The van der Waals surface area contributed by atoms with Gasteiger partial charge in [0.2, 0.25) is 0 Å². The van der Waals surface area contributed by atoms with E-state index in [0.29, 0.717) is 5.92 Å². The summed E-state index contributed by atoms with van der Waals surface area (Å²) in [6, 6.07) is 13.2. The summed E-state index contributed by atoms with van der Waals surface area (Å²) < 4.78 is 5.77. The molecule has 2 aromatic carbocycles. The Kier molecular flexibility index (Phi) is 3.24. The van der Waals surface area contributed by atoms with E-state index in [0.717, 1.165) is 12.2 Å².